The van der Waals surface area contributed by atoms with Gasteiger partial charge in [-0.1, -0.05) is 13.8 Å². The van der Waals surface area contributed by atoms with Gasteiger partial charge in [-0.3, -0.25) is 9.69 Å². The topological polar surface area (TPSA) is 67.9 Å². The Labute approximate surface area is 136 Å². The molecular formula is C17H24N2O4. The summed E-state index contributed by atoms with van der Waals surface area (Å²) >= 11 is 0. The average molecular weight is 320 g/mol. The molecule has 126 valence electrons. The number of nitrogens with zero attached hydrogens (tertiary/aromatic N) is 1. The van der Waals surface area contributed by atoms with E-state index in [-0.39, 0.29) is 12.0 Å². The number of ether oxygens (including phenoxy) is 2. The van der Waals surface area contributed by atoms with Crippen LogP contribution in [-0.4, -0.2) is 44.9 Å². The summed E-state index contributed by atoms with van der Waals surface area (Å²) < 4.78 is 10.4. The molecule has 6 nitrogen and oxygen atoms in total. The lowest BCUT2D eigenvalue weighted by Crippen LogP contribution is -2.26. The third-order valence-corrected chi connectivity index (χ3v) is 3.40. The summed E-state index contributed by atoms with van der Waals surface area (Å²) in [6.07, 6.45) is 0.444. The van der Waals surface area contributed by atoms with Crippen LogP contribution < -0.4 is 10.2 Å². The molecule has 0 aliphatic carbocycles. The van der Waals surface area contributed by atoms with Gasteiger partial charge in [-0.15, -0.1) is 0 Å². The maximum absolute atomic E-state index is 12.0. The molecule has 1 heterocycles. The predicted molar refractivity (Wildman–Crippen MR) is 87.7 cm³/mol. The second-order valence-corrected chi connectivity index (χ2v) is 5.89. The normalized spacial score (nSPS) is 14.2. The highest BCUT2D eigenvalue weighted by Gasteiger charge is 2.23. The van der Waals surface area contributed by atoms with Gasteiger partial charge in [0.05, 0.1) is 6.54 Å². The molecule has 0 spiro atoms. The first-order valence-corrected chi connectivity index (χ1v) is 7.98. The zero-order valence-electron chi connectivity index (χ0n) is 13.7. The summed E-state index contributed by atoms with van der Waals surface area (Å²) in [5.74, 6) is 0.403. The van der Waals surface area contributed by atoms with Crippen molar-refractivity contribution in [3.63, 3.8) is 0 Å². The molecule has 2 rings (SSSR count). The van der Waals surface area contributed by atoms with Crippen LogP contribution in [0.25, 0.3) is 0 Å². The standard InChI is InChI=1S/C17H24N2O4/c1-13(2)12-22-10-3-8-18-16(20)14-4-6-15(7-5-14)19-9-11-23-17(19)21/h4-7,13H,3,8-12H2,1-2H3,(H,18,20). The molecule has 1 aliphatic heterocycles. The number of hydrogen-bond donors (Lipinski definition) is 1. The monoisotopic (exact) mass is 320 g/mol. The fourth-order valence-corrected chi connectivity index (χ4v) is 2.22. The van der Waals surface area contributed by atoms with E-state index in [0.717, 1.165) is 18.7 Å². The van der Waals surface area contributed by atoms with Gasteiger partial charge in [-0.2, -0.15) is 0 Å². The molecule has 1 aliphatic rings. The lowest BCUT2D eigenvalue weighted by Gasteiger charge is -2.13. The SMILES string of the molecule is CC(C)COCCCNC(=O)c1ccc(N2CCOC2=O)cc1. The van der Waals surface area contributed by atoms with Crippen molar-refractivity contribution in [2.75, 3.05) is 37.8 Å². The van der Waals surface area contributed by atoms with Crippen LogP contribution in [-0.2, 0) is 9.47 Å². The highest BCUT2D eigenvalue weighted by Crippen LogP contribution is 2.19. The van der Waals surface area contributed by atoms with E-state index in [9.17, 15) is 9.59 Å². The van der Waals surface area contributed by atoms with Crippen LogP contribution in [0, 0.1) is 5.92 Å². The van der Waals surface area contributed by atoms with Crippen molar-refractivity contribution in [3.05, 3.63) is 29.8 Å². The Bertz CT molecular complexity index is 528. The molecule has 23 heavy (non-hydrogen) atoms. The molecular weight excluding hydrogens is 296 g/mol. The fourth-order valence-electron chi connectivity index (χ4n) is 2.22. The molecule has 1 aromatic carbocycles. The first-order valence-electron chi connectivity index (χ1n) is 7.98. The van der Waals surface area contributed by atoms with Gasteiger partial charge in [0.25, 0.3) is 5.91 Å². The molecule has 1 N–H and O–H groups in total. The number of benzene rings is 1. The van der Waals surface area contributed by atoms with Crippen LogP contribution in [0.15, 0.2) is 24.3 Å². The molecule has 1 fully saturated rings. The van der Waals surface area contributed by atoms with Crippen LogP contribution in [0.2, 0.25) is 0 Å². The zero-order chi connectivity index (χ0) is 16.7. The molecule has 1 saturated heterocycles. The maximum Gasteiger partial charge on any atom is 0.414 e. The van der Waals surface area contributed by atoms with E-state index >= 15 is 0 Å². The first kappa shape index (κ1) is 17.3. The third kappa shape index (κ3) is 5.25. The van der Waals surface area contributed by atoms with E-state index in [1.165, 1.54) is 0 Å². The lowest BCUT2D eigenvalue weighted by molar-refractivity contribution is 0.0925. The summed E-state index contributed by atoms with van der Waals surface area (Å²) in [6, 6.07) is 6.94. The van der Waals surface area contributed by atoms with Crippen molar-refractivity contribution in [1.29, 1.82) is 0 Å². The second kappa shape index (κ2) is 8.53. The molecule has 1 aromatic rings. The van der Waals surface area contributed by atoms with Crippen molar-refractivity contribution in [2.24, 2.45) is 5.92 Å². The van der Waals surface area contributed by atoms with E-state index in [0.29, 0.717) is 37.8 Å². The van der Waals surface area contributed by atoms with Crippen LogP contribution >= 0.6 is 0 Å². The molecule has 0 atom stereocenters. The van der Waals surface area contributed by atoms with Crippen molar-refractivity contribution >= 4 is 17.7 Å². The van der Waals surface area contributed by atoms with Gasteiger partial charge in [0.15, 0.2) is 0 Å². The summed E-state index contributed by atoms with van der Waals surface area (Å²) in [7, 11) is 0. The smallest absolute Gasteiger partial charge is 0.414 e. The molecule has 0 radical (unpaired) electrons. The minimum absolute atomic E-state index is 0.121. The highest BCUT2D eigenvalue weighted by molar-refractivity contribution is 5.95. The van der Waals surface area contributed by atoms with Crippen LogP contribution in [0.1, 0.15) is 30.6 Å². The van der Waals surface area contributed by atoms with Gasteiger partial charge in [-0.05, 0) is 36.6 Å². The number of carbonyl (C=O) groups excluding carboxylic acids is 2. The molecule has 0 saturated carbocycles. The van der Waals surface area contributed by atoms with E-state index in [2.05, 4.69) is 19.2 Å². The molecule has 6 heteroatoms. The van der Waals surface area contributed by atoms with Gasteiger partial charge >= 0.3 is 6.09 Å². The Hall–Kier alpha value is -2.08. The quantitative estimate of drug-likeness (QED) is 0.747. The van der Waals surface area contributed by atoms with E-state index in [1.807, 2.05) is 0 Å². The Kier molecular flexibility index (Phi) is 6.40. The van der Waals surface area contributed by atoms with Crippen molar-refractivity contribution < 1.29 is 19.1 Å². The average Bonchev–Trinajstić information content (AvgIpc) is 2.96. The van der Waals surface area contributed by atoms with Crippen LogP contribution in [0.3, 0.4) is 0 Å². The molecule has 2 amide bonds. The first-order chi connectivity index (χ1) is 11.1. The summed E-state index contributed by atoms with van der Waals surface area (Å²) in [5, 5.41) is 2.86. The fraction of sp³-hybridized carbons (Fsp3) is 0.529. The summed E-state index contributed by atoms with van der Waals surface area (Å²) in [4.78, 5) is 25.1. The minimum atomic E-state index is -0.344. The summed E-state index contributed by atoms with van der Waals surface area (Å²) in [6.45, 7) is 7.13. The van der Waals surface area contributed by atoms with Crippen molar-refractivity contribution in [2.45, 2.75) is 20.3 Å². The van der Waals surface area contributed by atoms with E-state index in [4.69, 9.17) is 9.47 Å². The minimum Gasteiger partial charge on any atom is -0.447 e. The number of nitrogens with one attached hydrogen (secondary N) is 1. The van der Waals surface area contributed by atoms with E-state index in [1.54, 1.807) is 29.2 Å². The number of cyclic esters (lactones) is 1. The third-order valence-electron chi connectivity index (χ3n) is 3.40. The Balaban J connectivity index is 1.73. The van der Waals surface area contributed by atoms with Crippen molar-refractivity contribution in [3.8, 4) is 0 Å². The largest absolute Gasteiger partial charge is 0.447 e. The van der Waals surface area contributed by atoms with Gasteiger partial charge in [0.1, 0.15) is 6.61 Å². The van der Waals surface area contributed by atoms with E-state index < -0.39 is 0 Å². The second-order valence-electron chi connectivity index (χ2n) is 5.89. The molecule has 0 aromatic heterocycles. The van der Waals surface area contributed by atoms with Gasteiger partial charge in [0.2, 0.25) is 0 Å². The Morgan fingerprint density at radius 1 is 1.35 bits per heavy atom. The predicted octanol–water partition coefficient (Wildman–Crippen LogP) is 2.44. The Morgan fingerprint density at radius 3 is 2.70 bits per heavy atom. The van der Waals surface area contributed by atoms with Gasteiger partial charge in [-0.25, -0.2) is 4.79 Å². The van der Waals surface area contributed by atoms with Crippen LogP contribution in [0.5, 0.6) is 0 Å². The Morgan fingerprint density at radius 2 is 2.09 bits per heavy atom. The zero-order valence-corrected chi connectivity index (χ0v) is 13.7. The van der Waals surface area contributed by atoms with Crippen molar-refractivity contribution in [1.82, 2.24) is 5.32 Å². The number of hydrogen-bond acceptors (Lipinski definition) is 4. The highest BCUT2D eigenvalue weighted by atomic mass is 16.6. The van der Waals surface area contributed by atoms with Gasteiger partial charge < -0.3 is 14.8 Å². The molecule has 0 bridgehead atoms. The number of anilines is 1. The van der Waals surface area contributed by atoms with Crippen LogP contribution in [0.4, 0.5) is 10.5 Å². The molecule has 0 unspecified atom stereocenters. The van der Waals surface area contributed by atoms with Gasteiger partial charge in [0, 0.05) is 31.0 Å². The lowest BCUT2D eigenvalue weighted by atomic mass is 10.2. The summed E-state index contributed by atoms with van der Waals surface area (Å²) in [5.41, 5.74) is 1.32. The number of rotatable bonds is 8. The number of amides is 2. The maximum atomic E-state index is 12.0. The number of carbonyl (C=O) groups is 2.